The van der Waals surface area contributed by atoms with Gasteiger partial charge < -0.3 is 5.11 Å². The SMILES string of the molecule is O=C(O)CCc1cccc(Cl)c1F. The van der Waals surface area contributed by atoms with Crippen LogP contribution in [0.3, 0.4) is 0 Å². The molecule has 0 aromatic heterocycles. The van der Waals surface area contributed by atoms with Crippen LogP contribution in [0.15, 0.2) is 18.2 Å². The van der Waals surface area contributed by atoms with Crippen LogP contribution in [0.1, 0.15) is 12.0 Å². The van der Waals surface area contributed by atoms with Crippen LogP contribution in [0.2, 0.25) is 5.02 Å². The summed E-state index contributed by atoms with van der Waals surface area (Å²) in [6.45, 7) is 0. The van der Waals surface area contributed by atoms with Crippen LogP contribution in [0.4, 0.5) is 4.39 Å². The third-order valence-electron chi connectivity index (χ3n) is 1.64. The number of halogens is 2. The van der Waals surface area contributed by atoms with Crippen molar-refractivity contribution in [2.45, 2.75) is 12.8 Å². The first-order valence-corrected chi connectivity index (χ1v) is 4.13. The lowest BCUT2D eigenvalue weighted by molar-refractivity contribution is -0.136. The van der Waals surface area contributed by atoms with Crippen molar-refractivity contribution in [3.63, 3.8) is 0 Å². The molecule has 1 aromatic rings. The van der Waals surface area contributed by atoms with Gasteiger partial charge >= 0.3 is 5.97 Å². The van der Waals surface area contributed by atoms with Gasteiger partial charge in [-0.3, -0.25) is 4.79 Å². The summed E-state index contributed by atoms with van der Waals surface area (Å²) in [5.74, 6) is -1.47. The summed E-state index contributed by atoms with van der Waals surface area (Å²) in [7, 11) is 0. The highest BCUT2D eigenvalue weighted by Gasteiger charge is 2.07. The van der Waals surface area contributed by atoms with Crippen LogP contribution >= 0.6 is 11.6 Å². The number of aliphatic carboxylic acids is 1. The molecule has 0 unspecified atom stereocenters. The number of hydrogen-bond donors (Lipinski definition) is 1. The van der Waals surface area contributed by atoms with Crippen molar-refractivity contribution in [3.05, 3.63) is 34.6 Å². The normalized spacial score (nSPS) is 10.0. The topological polar surface area (TPSA) is 37.3 Å². The third-order valence-corrected chi connectivity index (χ3v) is 1.93. The summed E-state index contributed by atoms with van der Waals surface area (Å²) in [6.07, 6.45) is 0.0823. The van der Waals surface area contributed by atoms with Gasteiger partial charge in [-0.15, -0.1) is 0 Å². The number of rotatable bonds is 3. The molecule has 0 heterocycles. The van der Waals surface area contributed by atoms with E-state index in [1.807, 2.05) is 0 Å². The van der Waals surface area contributed by atoms with Gasteiger partial charge in [0.2, 0.25) is 0 Å². The second-order valence-electron chi connectivity index (χ2n) is 2.61. The van der Waals surface area contributed by atoms with Crippen LogP contribution in [-0.4, -0.2) is 11.1 Å². The zero-order valence-electron chi connectivity index (χ0n) is 6.76. The lowest BCUT2D eigenvalue weighted by Crippen LogP contribution is -1.99. The molecule has 0 aliphatic rings. The van der Waals surface area contributed by atoms with Gasteiger partial charge in [0.15, 0.2) is 0 Å². The van der Waals surface area contributed by atoms with E-state index in [1.165, 1.54) is 12.1 Å². The van der Waals surface area contributed by atoms with E-state index in [-0.39, 0.29) is 17.9 Å². The van der Waals surface area contributed by atoms with E-state index in [2.05, 4.69) is 0 Å². The summed E-state index contributed by atoms with van der Waals surface area (Å²) >= 11 is 5.51. The van der Waals surface area contributed by atoms with Crippen molar-refractivity contribution >= 4 is 17.6 Å². The van der Waals surface area contributed by atoms with Crippen LogP contribution in [-0.2, 0) is 11.2 Å². The highest BCUT2D eigenvalue weighted by Crippen LogP contribution is 2.18. The van der Waals surface area contributed by atoms with Gasteiger partial charge in [0, 0.05) is 6.42 Å². The molecule has 0 spiro atoms. The van der Waals surface area contributed by atoms with Crippen molar-refractivity contribution in [2.24, 2.45) is 0 Å². The van der Waals surface area contributed by atoms with Gasteiger partial charge in [-0.1, -0.05) is 23.7 Å². The Hall–Kier alpha value is -1.09. The molecule has 0 saturated heterocycles. The molecule has 13 heavy (non-hydrogen) atoms. The highest BCUT2D eigenvalue weighted by atomic mass is 35.5. The number of carboxylic acid groups (broad SMARTS) is 1. The van der Waals surface area contributed by atoms with Gasteiger partial charge in [0.25, 0.3) is 0 Å². The quantitative estimate of drug-likeness (QED) is 0.818. The summed E-state index contributed by atoms with van der Waals surface area (Å²) in [5.41, 5.74) is 0.343. The molecule has 0 saturated carbocycles. The van der Waals surface area contributed by atoms with Gasteiger partial charge in [0.1, 0.15) is 5.82 Å². The monoisotopic (exact) mass is 202 g/mol. The molecule has 0 aliphatic carbocycles. The minimum atomic E-state index is -0.945. The Morgan fingerprint density at radius 3 is 2.85 bits per heavy atom. The van der Waals surface area contributed by atoms with Crippen LogP contribution in [0, 0.1) is 5.82 Å². The Morgan fingerprint density at radius 2 is 2.23 bits per heavy atom. The number of carbonyl (C=O) groups is 1. The minimum absolute atomic E-state index is 0.0305. The van der Waals surface area contributed by atoms with E-state index in [1.54, 1.807) is 6.07 Å². The van der Waals surface area contributed by atoms with Crippen molar-refractivity contribution in [3.8, 4) is 0 Å². The van der Waals surface area contributed by atoms with Crippen LogP contribution in [0.25, 0.3) is 0 Å². The second-order valence-corrected chi connectivity index (χ2v) is 3.01. The van der Waals surface area contributed by atoms with E-state index >= 15 is 0 Å². The van der Waals surface area contributed by atoms with E-state index < -0.39 is 11.8 Å². The first-order valence-electron chi connectivity index (χ1n) is 3.76. The summed E-state index contributed by atoms with van der Waals surface area (Å²) < 4.78 is 13.1. The Bertz CT molecular complexity index is 325. The maximum Gasteiger partial charge on any atom is 0.303 e. The fraction of sp³-hybridized carbons (Fsp3) is 0.222. The maximum atomic E-state index is 13.1. The van der Waals surface area contributed by atoms with Gasteiger partial charge in [-0.25, -0.2) is 4.39 Å². The fourth-order valence-electron chi connectivity index (χ4n) is 0.983. The zero-order chi connectivity index (χ0) is 9.84. The first kappa shape index (κ1) is 9.99. The molecule has 0 aliphatic heterocycles. The molecule has 70 valence electrons. The Balaban J connectivity index is 2.77. The second kappa shape index (κ2) is 4.23. The lowest BCUT2D eigenvalue weighted by Gasteiger charge is -2.01. The van der Waals surface area contributed by atoms with E-state index in [4.69, 9.17) is 16.7 Å². The minimum Gasteiger partial charge on any atom is -0.481 e. The van der Waals surface area contributed by atoms with Crippen molar-refractivity contribution in [1.29, 1.82) is 0 Å². The molecule has 0 amide bonds. The molecule has 1 rings (SSSR count). The highest BCUT2D eigenvalue weighted by molar-refractivity contribution is 6.30. The van der Waals surface area contributed by atoms with E-state index in [0.717, 1.165) is 0 Å². The lowest BCUT2D eigenvalue weighted by atomic mass is 10.1. The molecule has 0 fully saturated rings. The van der Waals surface area contributed by atoms with Gasteiger partial charge in [0.05, 0.1) is 5.02 Å². The Morgan fingerprint density at radius 1 is 1.54 bits per heavy atom. The number of hydrogen-bond acceptors (Lipinski definition) is 1. The fourth-order valence-corrected chi connectivity index (χ4v) is 1.18. The van der Waals surface area contributed by atoms with Crippen molar-refractivity contribution in [2.75, 3.05) is 0 Å². The standard InChI is InChI=1S/C9H8ClFO2/c10-7-3-1-2-6(9(7)11)4-5-8(12)13/h1-3H,4-5H2,(H,12,13). The molecule has 0 bridgehead atoms. The molecule has 2 nitrogen and oxygen atoms in total. The average Bonchev–Trinajstić information content (AvgIpc) is 2.07. The van der Waals surface area contributed by atoms with Crippen molar-refractivity contribution in [1.82, 2.24) is 0 Å². The largest absolute Gasteiger partial charge is 0.481 e. The summed E-state index contributed by atoms with van der Waals surface area (Å²) in [5, 5.41) is 8.41. The number of carboxylic acids is 1. The third kappa shape index (κ3) is 2.70. The molecule has 0 radical (unpaired) electrons. The number of aryl methyl sites for hydroxylation is 1. The Kier molecular flexibility index (Phi) is 3.25. The smallest absolute Gasteiger partial charge is 0.303 e. The molecule has 4 heteroatoms. The number of benzene rings is 1. The van der Waals surface area contributed by atoms with Crippen LogP contribution in [0.5, 0.6) is 0 Å². The molecular weight excluding hydrogens is 195 g/mol. The van der Waals surface area contributed by atoms with E-state index in [9.17, 15) is 9.18 Å². The Labute approximate surface area is 80.0 Å². The van der Waals surface area contributed by atoms with Gasteiger partial charge in [-0.2, -0.15) is 0 Å². The van der Waals surface area contributed by atoms with Crippen molar-refractivity contribution < 1.29 is 14.3 Å². The molecule has 1 aromatic carbocycles. The summed E-state index contributed by atoms with van der Waals surface area (Å²) in [4.78, 5) is 10.2. The molecular formula is C9H8ClFO2. The average molecular weight is 203 g/mol. The maximum absolute atomic E-state index is 13.1. The molecule has 1 N–H and O–H groups in total. The zero-order valence-corrected chi connectivity index (χ0v) is 7.51. The van der Waals surface area contributed by atoms with Crippen LogP contribution < -0.4 is 0 Å². The predicted molar refractivity (Wildman–Crippen MR) is 47.4 cm³/mol. The van der Waals surface area contributed by atoms with E-state index in [0.29, 0.717) is 5.56 Å². The summed E-state index contributed by atoms with van der Waals surface area (Å²) in [6, 6.07) is 4.56. The van der Waals surface area contributed by atoms with Gasteiger partial charge in [-0.05, 0) is 18.1 Å². The predicted octanol–water partition coefficient (Wildman–Crippen LogP) is 2.50. The first-order chi connectivity index (χ1) is 6.11. The molecule has 0 atom stereocenters.